The van der Waals surface area contributed by atoms with Gasteiger partial charge in [0.2, 0.25) is 5.95 Å². The van der Waals surface area contributed by atoms with Gasteiger partial charge in [0.15, 0.2) is 0 Å². The average Bonchev–Trinajstić information content (AvgIpc) is 2.73. The van der Waals surface area contributed by atoms with Crippen molar-refractivity contribution in [3.63, 3.8) is 0 Å². The number of nitrogens with zero attached hydrogens (tertiary/aromatic N) is 3. The van der Waals surface area contributed by atoms with Gasteiger partial charge in [-0.05, 0) is 19.2 Å². The fourth-order valence-electron chi connectivity index (χ4n) is 2.11. The van der Waals surface area contributed by atoms with Gasteiger partial charge in [-0.3, -0.25) is 0 Å². The van der Waals surface area contributed by atoms with Gasteiger partial charge in [0, 0.05) is 26.2 Å². The molecule has 0 amide bonds. The number of likely N-dealkylation sites (N-methyl/N-ethyl adjacent to an activating group) is 1. The van der Waals surface area contributed by atoms with Crippen LogP contribution in [0.15, 0.2) is 24.3 Å². The maximum absolute atomic E-state index is 4.61. The van der Waals surface area contributed by atoms with Crippen LogP contribution in [0, 0.1) is 0 Å². The number of nitrogens with one attached hydrogen (secondary N) is 1. The molecule has 0 unspecified atom stereocenters. The van der Waals surface area contributed by atoms with Gasteiger partial charge in [0.25, 0.3) is 0 Å². The number of hydrogen-bond acceptors (Lipinski definition) is 3. The molecule has 0 bridgehead atoms. The van der Waals surface area contributed by atoms with Crippen LogP contribution in [0.2, 0.25) is 0 Å². The van der Waals surface area contributed by atoms with Crippen molar-refractivity contribution in [1.82, 2.24) is 14.9 Å². The number of aromatic amines is 1. The predicted molar refractivity (Wildman–Crippen MR) is 65.8 cm³/mol. The van der Waals surface area contributed by atoms with Crippen LogP contribution in [0.1, 0.15) is 0 Å². The SMILES string of the molecule is CN1CCN(c2nc3ccccc3[nH]2)CC1. The van der Waals surface area contributed by atoms with E-state index in [1.807, 2.05) is 18.2 Å². The second kappa shape index (κ2) is 3.79. The number of benzene rings is 1. The van der Waals surface area contributed by atoms with Crippen molar-refractivity contribution < 1.29 is 0 Å². The lowest BCUT2D eigenvalue weighted by molar-refractivity contribution is 0.311. The molecule has 0 saturated carbocycles. The molecule has 0 spiro atoms. The van der Waals surface area contributed by atoms with Gasteiger partial charge in [0.1, 0.15) is 0 Å². The largest absolute Gasteiger partial charge is 0.340 e. The molecule has 3 rings (SSSR count). The van der Waals surface area contributed by atoms with E-state index in [0.717, 1.165) is 43.2 Å². The average molecular weight is 216 g/mol. The predicted octanol–water partition coefficient (Wildman–Crippen LogP) is 1.31. The number of imidazole rings is 1. The normalized spacial score (nSPS) is 18.2. The summed E-state index contributed by atoms with van der Waals surface area (Å²) >= 11 is 0. The van der Waals surface area contributed by atoms with Crippen LogP contribution in [0.3, 0.4) is 0 Å². The van der Waals surface area contributed by atoms with Crippen LogP contribution in [0.4, 0.5) is 5.95 Å². The van der Waals surface area contributed by atoms with Crippen molar-refractivity contribution in [2.75, 3.05) is 38.1 Å². The Balaban J connectivity index is 1.88. The quantitative estimate of drug-likeness (QED) is 0.780. The third kappa shape index (κ3) is 1.65. The minimum Gasteiger partial charge on any atom is -0.340 e. The van der Waals surface area contributed by atoms with Crippen molar-refractivity contribution in [2.45, 2.75) is 0 Å². The van der Waals surface area contributed by atoms with Crippen LogP contribution < -0.4 is 4.90 Å². The van der Waals surface area contributed by atoms with Crippen molar-refractivity contribution >= 4 is 17.0 Å². The Labute approximate surface area is 94.9 Å². The zero-order valence-corrected chi connectivity index (χ0v) is 9.48. The van der Waals surface area contributed by atoms with Crippen molar-refractivity contribution in [3.05, 3.63) is 24.3 Å². The van der Waals surface area contributed by atoms with E-state index in [9.17, 15) is 0 Å². The summed E-state index contributed by atoms with van der Waals surface area (Å²) in [4.78, 5) is 12.7. The number of aromatic nitrogens is 2. The summed E-state index contributed by atoms with van der Waals surface area (Å²) in [6, 6.07) is 8.18. The number of piperazine rings is 1. The van der Waals surface area contributed by atoms with Gasteiger partial charge in [-0.15, -0.1) is 0 Å². The minimum absolute atomic E-state index is 1.01. The van der Waals surface area contributed by atoms with E-state index in [0.29, 0.717) is 0 Å². The fourth-order valence-corrected chi connectivity index (χ4v) is 2.11. The van der Waals surface area contributed by atoms with E-state index in [2.05, 4.69) is 32.9 Å². The van der Waals surface area contributed by atoms with E-state index in [1.165, 1.54) is 0 Å². The van der Waals surface area contributed by atoms with Gasteiger partial charge < -0.3 is 14.8 Å². The first-order valence-corrected chi connectivity index (χ1v) is 5.71. The standard InChI is InChI=1S/C12H16N4/c1-15-6-8-16(9-7-15)12-13-10-4-2-3-5-11(10)14-12/h2-5H,6-9H2,1H3,(H,13,14). The number of para-hydroxylation sites is 2. The summed E-state index contributed by atoms with van der Waals surface area (Å²) in [5.41, 5.74) is 2.17. The molecule has 1 N–H and O–H groups in total. The molecule has 0 radical (unpaired) electrons. The molecule has 0 aliphatic carbocycles. The summed E-state index contributed by atoms with van der Waals surface area (Å²) in [6.45, 7) is 4.32. The molecule has 4 heteroatoms. The third-order valence-electron chi connectivity index (χ3n) is 3.18. The lowest BCUT2D eigenvalue weighted by atomic mass is 10.3. The Kier molecular flexibility index (Phi) is 2.29. The van der Waals surface area contributed by atoms with Gasteiger partial charge in [-0.1, -0.05) is 12.1 Å². The number of hydrogen-bond donors (Lipinski definition) is 1. The molecular formula is C12H16N4. The van der Waals surface area contributed by atoms with Crippen LogP contribution in [0.25, 0.3) is 11.0 Å². The molecule has 1 saturated heterocycles. The van der Waals surface area contributed by atoms with Crippen LogP contribution in [-0.4, -0.2) is 48.1 Å². The Bertz CT molecular complexity index is 449. The first kappa shape index (κ1) is 9.66. The lowest BCUT2D eigenvalue weighted by Crippen LogP contribution is -2.44. The van der Waals surface area contributed by atoms with Gasteiger partial charge in [0.05, 0.1) is 11.0 Å². The molecule has 1 aliphatic heterocycles. The first-order valence-electron chi connectivity index (χ1n) is 5.71. The summed E-state index contributed by atoms with van der Waals surface area (Å²) in [7, 11) is 2.16. The highest BCUT2D eigenvalue weighted by Gasteiger charge is 2.16. The third-order valence-corrected chi connectivity index (χ3v) is 3.18. The molecule has 84 valence electrons. The summed E-state index contributed by atoms with van der Waals surface area (Å²) in [5.74, 6) is 1.01. The molecular weight excluding hydrogens is 200 g/mol. The monoisotopic (exact) mass is 216 g/mol. The van der Waals surface area contributed by atoms with E-state index in [4.69, 9.17) is 0 Å². The smallest absolute Gasteiger partial charge is 0.203 e. The number of rotatable bonds is 1. The summed E-state index contributed by atoms with van der Waals surface area (Å²) in [6.07, 6.45) is 0. The molecule has 4 nitrogen and oxygen atoms in total. The Hall–Kier alpha value is -1.55. The topological polar surface area (TPSA) is 35.2 Å². The molecule has 2 aromatic rings. The summed E-state index contributed by atoms with van der Waals surface area (Å²) < 4.78 is 0. The van der Waals surface area contributed by atoms with E-state index >= 15 is 0 Å². The maximum atomic E-state index is 4.61. The van der Waals surface area contributed by atoms with Crippen molar-refractivity contribution in [3.8, 4) is 0 Å². The van der Waals surface area contributed by atoms with E-state index in [1.54, 1.807) is 0 Å². The Morgan fingerprint density at radius 2 is 1.88 bits per heavy atom. The molecule has 16 heavy (non-hydrogen) atoms. The zero-order valence-electron chi connectivity index (χ0n) is 9.48. The highest BCUT2D eigenvalue weighted by molar-refractivity contribution is 5.77. The maximum Gasteiger partial charge on any atom is 0.203 e. The minimum atomic E-state index is 1.01. The first-order chi connectivity index (χ1) is 7.83. The number of anilines is 1. The molecule has 1 aromatic heterocycles. The van der Waals surface area contributed by atoms with Gasteiger partial charge >= 0.3 is 0 Å². The molecule has 1 aromatic carbocycles. The van der Waals surface area contributed by atoms with Gasteiger partial charge in [-0.2, -0.15) is 0 Å². The van der Waals surface area contributed by atoms with Gasteiger partial charge in [-0.25, -0.2) is 4.98 Å². The van der Waals surface area contributed by atoms with Crippen LogP contribution in [-0.2, 0) is 0 Å². The fraction of sp³-hybridized carbons (Fsp3) is 0.417. The highest BCUT2D eigenvalue weighted by atomic mass is 15.3. The molecule has 0 atom stereocenters. The van der Waals surface area contributed by atoms with Crippen LogP contribution >= 0.6 is 0 Å². The summed E-state index contributed by atoms with van der Waals surface area (Å²) in [5, 5.41) is 0. The molecule has 1 aliphatic rings. The zero-order chi connectivity index (χ0) is 11.0. The Morgan fingerprint density at radius 1 is 1.12 bits per heavy atom. The van der Waals surface area contributed by atoms with Crippen molar-refractivity contribution in [2.24, 2.45) is 0 Å². The second-order valence-electron chi connectivity index (χ2n) is 4.37. The number of fused-ring (bicyclic) bond motifs is 1. The molecule has 2 heterocycles. The Morgan fingerprint density at radius 3 is 2.62 bits per heavy atom. The number of H-pyrrole nitrogens is 1. The van der Waals surface area contributed by atoms with E-state index in [-0.39, 0.29) is 0 Å². The second-order valence-corrected chi connectivity index (χ2v) is 4.37. The highest BCUT2D eigenvalue weighted by Crippen LogP contribution is 2.17. The van der Waals surface area contributed by atoms with Crippen molar-refractivity contribution in [1.29, 1.82) is 0 Å². The lowest BCUT2D eigenvalue weighted by Gasteiger charge is -2.32. The van der Waals surface area contributed by atoms with Crippen LogP contribution in [0.5, 0.6) is 0 Å². The molecule has 1 fully saturated rings. The van der Waals surface area contributed by atoms with E-state index < -0.39 is 0 Å².